The Hall–Kier alpha value is -3.15. The average Bonchev–Trinajstić information content (AvgIpc) is 3.21. The predicted molar refractivity (Wildman–Crippen MR) is 86.3 cm³/mol. The first-order chi connectivity index (χ1) is 11.3. The Bertz CT molecular complexity index is 856. The van der Waals surface area contributed by atoms with Crippen molar-refractivity contribution in [1.29, 1.82) is 0 Å². The zero-order valence-corrected chi connectivity index (χ0v) is 12.4. The molecule has 6 nitrogen and oxygen atoms in total. The van der Waals surface area contributed by atoms with E-state index in [4.69, 9.17) is 0 Å². The smallest absolute Gasteiger partial charge is 0.253 e. The number of fused-ring (bicyclic) bond motifs is 1. The second kappa shape index (κ2) is 5.57. The lowest BCUT2D eigenvalue weighted by atomic mass is 10.1. The number of carbonyl (C=O) groups excluding carboxylic acids is 1. The Morgan fingerprint density at radius 3 is 2.87 bits per heavy atom. The number of nitrogens with zero attached hydrogens (tertiary/aromatic N) is 3. The van der Waals surface area contributed by atoms with Gasteiger partial charge in [-0.3, -0.25) is 9.36 Å². The molecule has 0 saturated carbocycles. The molecule has 2 aromatic carbocycles. The molecule has 4 rings (SSSR count). The summed E-state index contributed by atoms with van der Waals surface area (Å²) in [7, 11) is 0. The Balaban J connectivity index is 1.59. The molecule has 0 atom stereocenters. The molecular weight excluding hydrogens is 290 g/mol. The summed E-state index contributed by atoms with van der Waals surface area (Å²) in [6.45, 7) is 1.07. The summed E-state index contributed by atoms with van der Waals surface area (Å²) in [5.41, 5.74) is 3.56. The number of para-hydroxylation sites is 1. The molecule has 0 unspecified atom stereocenters. The van der Waals surface area contributed by atoms with Gasteiger partial charge < -0.3 is 10.6 Å². The highest BCUT2D eigenvalue weighted by Crippen LogP contribution is 2.24. The van der Waals surface area contributed by atoms with Crippen LogP contribution in [0.5, 0.6) is 0 Å². The molecule has 0 aliphatic carbocycles. The molecule has 114 valence electrons. The number of hydrogen-bond acceptors (Lipinski definition) is 4. The van der Waals surface area contributed by atoms with Gasteiger partial charge >= 0.3 is 0 Å². The molecule has 23 heavy (non-hydrogen) atoms. The number of rotatable bonds is 4. The van der Waals surface area contributed by atoms with Crippen LogP contribution in [0.25, 0.3) is 5.69 Å². The van der Waals surface area contributed by atoms with E-state index in [1.54, 1.807) is 6.33 Å². The maximum absolute atomic E-state index is 12.0. The van der Waals surface area contributed by atoms with Gasteiger partial charge in [0.1, 0.15) is 6.33 Å². The van der Waals surface area contributed by atoms with E-state index >= 15 is 0 Å². The summed E-state index contributed by atoms with van der Waals surface area (Å²) in [6, 6.07) is 15.7. The molecule has 1 amide bonds. The van der Waals surface area contributed by atoms with Crippen LogP contribution in [0.4, 0.5) is 5.69 Å². The van der Waals surface area contributed by atoms with Crippen molar-refractivity contribution in [2.75, 3.05) is 5.32 Å². The standard InChI is InChI=1S/C17H15N5O/c23-17-16-12(9-19-17)5-4-8-14(16)18-10-15-21-20-11-22(15)13-6-2-1-3-7-13/h1-8,11,18H,9-10H2,(H,19,23). The molecule has 1 aliphatic heterocycles. The minimum atomic E-state index is -0.0346. The lowest BCUT2D eigenvalue weighted by molar-refractivity contribution is 0.0966. The van der Waals surface area contributed by atoms with Crippen LogP contribution in [-0.2, 0) is 13.1 Å². The van der Waals surface area contributed by atoms with Crippen molar-refractivity contribution < 1.29 is 4.79 Å². The van der Waals surface area contributed by atoms with Crippen LogP contribution in [0.1, 0.15) is 21.7 Å². The fourth-order valence-corrected chi connectivity index (χ4v) is 2.78. The van der Waals surface area contributed by atoms with E-state index in [0.29, 0.717) is 13.1 Å². The normalized spacial score (nSPS) is 12.8. The van der Waals surface area contributed by atoms with Crippen molar-refractivity contribution in [3.05, 3.63) is 71.8 Å². The van der Waals surface area contributed by atoms with Gasteiger partial charge in [0.15, 0.2) is 5.82 Å². The third kappa shape index (κ3) is 2.44. The van der Waals surface area contributed by atoms with Crippen LogP contribution in [0.15, 0.2) is 54.9 Å². The van der Waals surface area contributed by atoms with Crippen molar-refractivity contribution in [1.82, 2.24) is 20.1 Å². The monoisotopic (exact) mass is 305 g/mol. The summed E-state index contributed by atoms with van der Waals surface area (Å²) in [4.78, 5) is 12.0. The van der Waals surface area contributed by atoms with E-state index in [-0.39, 0.29) is 5.91 Å². The maximum atomic E-state index is 12.0. The summed E-state index contributed by atoms with van der Waals surface area (Å²) in [5.74, 6) is 0.750. The van der Waals surface area contributed by atoms with E-state index in [2.05, 4.69) is 20.8 Å². The Labute approximate surface area is 133 Å². The Morgan fingerprint density at radius 2 is 2.00 bits per heavy atom. The van der Waals surface area contributed by atoms with Crippen LogP contribution in [0.3, 0.4) is 0 Å². The number of benzene rings is 2. The number of amides is 1. The van der Waals surface area contributed by atoms with Gasteiger partial charge in [-0.25, -0.2) is 0 Å². The third-order valence-electron chi connectivity index (χ3n) is 3.91. The van der Waals surface area contributed by atoms with Crippen molar-refractivity contribution in [2.45, 2.75) is 13.1 Å². The molecule has 2 heterocycles. The van der Waals surface area contributed by atoms with Crippen molar-refractivity contribution in [3.63, 3.8) is 0 Å². The number of hydrogen-bond donors (Lipinski definition) is 2. The van der Waals surface area contributed by atoms with Crippen LogP contribution in [0, 0.1) is 0 Å². The highest BCUT2D eigenvalue weighted by atomic mass is 16.1. The number of anilines is 1. The molecule has 0 radical (unpaired) electrons. The van der Waals surface area contributed by atoms with Gasteiger partial charge in [0.2, 0.25) is 0 Å². The first-order valence-corrected chi connectivity index (χ1v) is 7.41. The first kappa shape index (κ1) is 13.5. The number of aromatic nitrogens is 3. The Morgan fingerprint density at radius 1 is 1.13 bits per heavy atom. The van der Waals surface area contributed by atoms with Crippen LogP contribution < -0.4 is 10.6 Å². The predicted octanol–water partition coefficient (Wildman–Crippen LogP) is 2.12. The summed E-state index contributed by atoms with van der Waals surface area (Å²) < 4.78 is 1.93. The fraction of sp³-hybridized carbons (Fsp3) is 0.118. The zero-order valence-electron chi connectivity index (χ0n) is 12.4. The van der Waals surface area contributed by atoms with E-state index in [9.17, 15) is 4.79 Å². The molecule has 3 aromatic rings. The molecule has 1 aromatic heterocycles. The zero-order chi connectivity index (χ0) is 15.6. The SMILES string of the molecule is O=C1NCc2cccc(NCc3nncn3-c3ccccc3)c21. The Kier molecular flexibility index (Phi) is 3.27. The van der Waals surface area contributed by atoms with Gasteiger partial charge in [-0.1, -0.05) is 30.3 Å². The molecule has 0 fully saturated rings. The summed E-state index contributed by atoms with van der Waals surface area (Å²) in [6.07, 6.45) is 1.69. The molecule has 0 spiro atoms. The second-order valence-electron chi connectivity index (χ2n) is 5.33. The highest BCUT2D eigenvalue weighted by molar-refractivity contribution is 6.03. The van der Waals surface area contributed by atoms with E-state index in [1.807, 2.05) is 53.1 Å². The van der Waals surface area contributed by atoms with E-state index < -0.39 is 0 Å². The first-order valence-electron chi connectivity index (χ1n) is 7.41. The van der Waals surface area contributed by atoms with Crippen molar-refractivity contribution >= 4 is 11.6 Å². The average molecular weight is 305 g/mol. The van der Waals surface area contributed by atoms with Gasteiger partial charge in [0.25, 0.3) is 5.91 Å². The third-order valence-corrected chi connectivity index (χ3v) is 3.91. The molecular formula is C17H15N5O. The lowest BCUT2D eigenvalue weighted by Crippen LogP contribution is -2.14. The number of nitrogens with one attached hydrogen (secondary N) is 2. The highest BCUT2D eigenvalue weighted by Gasteiger charge is 2.22. The largest absolute Gasteiger partial charge is 0.377 e. The summed E-state index contributed by atoms with van der Waals surface area (Å²) in [5, 5.41) is 14.3. The van der Waals surface area contributed by atoms with Crippen LogP contribution in [0.2, 0.25) is 0 Å². The van der Waals surface area contributed by atoms with E-state index in [1.165, 1.54) is 0 Å². The minimum absolute atomic E-state index is 0.0346. The topological polar surface area (TPSA) is 71.8 Å². The van der Waals surface area contributed by atoms with Crippen molar-refractivity contribution in [2.24, 2.45) is 0 Å². The molecule has 6 heteroatoms. The van der Waals surface area contributed by atoms with Crippen LogP contribution >= 0.6 is 0 Å². The fourth-order valence-electron chi connectivity index (χ4n) is 2.78. The van der Waals surface area contributed by atoms with Crippen LogP contribution in [-0.4, -0.2) is 20.7 Å². The second-order valence-corrected chi connectivity index (χ2v) is 5.33. The van der Waals surface area contributed by atoms with Gasteiger partial charge in [0.05, 0.1) is 12.1 Å². The minimum Gasteiger partial charge on any atom is -0.377 e. The van der Waals surface area contributed by atoms with Gasteiger partial charge in [-0.2, -0.15) is 0 Å². The van der Waals surface area contributed by atoms with Gasteiger partial charge in [0, 0.05) is 17.9 Å². The molecule has 0 saturated heterocycles. The summed E-state index contributed by atoms with van der Waals surface area (Å²) >= 11 is 0. The molecule has 1 aliphatic rings. The molecule has 0 bridgehead atoms. The van der Waals surface area contributed by atoms with Crippen molar-refractivity contribution in [3.8, 4) is 5.69 Å². The van der Waals surface area contributed by atoms with E-state index in [0.717, 1.165) is 28.3 Å². The van der Waals surface area contributed by atoms with Gasteiger partial charge in [-0.15, -0.1) is 10.2 Å². The molecule has 2 N–H and O–H groups in total. The number of carbonyl (C=O) groups is 1. The maximum Gasteiger partial charge on any atom is 0.253 e. The lowest BCUT2D eigenvalue weighted by Gasteiger charge is -2.11. The quantitative estimate of drug-likeness (QED) is 0.774. The van der Waals surface area contributed by atoms with Gasteiger partial charge in [-0.05, 0) is 23.8 Å².